The summed E-state index contributed by atoms with van der Waals surface area (Å²) in [5.74, 6) is -0.242. The predicted octanol–water partition coefficient (Wildman–Crippen LogP) is 4.44. The fourth-order valence-corrected chi connectivity index (χ4v) is 3.03. The zero-order valence-corrected chi connectivity index (χ0v) is 14.1. The van der Waals surface area contributed by atoms with E-state index < -0.39 is 0 Å². The number of aromatic nitrogens is 4. The van der Waals surface area contributed by atoms with Crippen molar-refractivity contribution in [1.29, 1.82) is 0 Å². The van der Waals surface area contributed by atoms with Gasteiger partial charge in [0.2, 0.25) is 0 Å². The third-order valence-electron chi connectivity index (χ3n) is 3.77. The van der Waals surface area contributed by atoms with Crippen molar-refractivity contribution >= 4 is 27.1 Å². The molecule has 6 heteroatoms. The lowest BCUT2D eigenvalue weighted by molar-refractivity contribution is 0.626. The van der Waals surface area contributed by atoms with Crippen molar-refractivity contribution in [1.82, 2.24) is 19.5 Å². The van der Waals surface area contributed by atoms with E-state index in [2.05, 4.69) is 30.9 Å². The lowest BCUT2D eigenvalue weighted by Crippen LogP contribution is -2.00. The van der Waals surface area contributed by atoms with Crippen LogP contribution in [0.15, 0.2) is 65.7 Å². The standard InChI is InChI=1S/C18H12BrFN4/c19-14-3-1-2-13(8-14)16-17-18(22-10-21-16)24(11-23-17)9-12-4-6-15(20)7-5-12/h1-8,10-11H,9H2. The Balaban J connectivity index is 1.77. The van der Waals surface area contributed by atoms with Gasteiger partial charge in [0.15, 0.2) is 5.65 Å². The predicted molar refractivity (Wildman–Crippen MR) is 94.0 cm³/mol. The van der Waals surface area contributed by atoms with E-state index in [1.807, 2.05) is 28.8 Å². The van der Waals surface area contributed by atoms with Gasteiger partial charge < -0.3 is 4.57 Å². The van der Waals surface area contributed by atoms with Crippen LogP contribution in [0.2, 0.25) is 0 Å². The van der Waals surface area contributed by atoms with E-state index in [1.54, 1.807) is 24.8 Å². The maximum absolute atomic E-state index is 13.0. The Kier molecular flexibility index (Phi) is 3.82. The van der Waals surface area contributed by atoms with Crippen molar-refractivity contribution in [3.63, 3.8) is 0 Å². The molecule has 0 bridgehead atoms. The number of hydrogen-bond donors (Lipinski definition) is 0. The molecule has 0 fully saturated rings. The monoisotopic (exact) mass is 382 g/mol. The second-order valence-corrected chi connectivity index (χ2v) is 6.32. The highest BCUT2D eigenvalue weighted by molar-refractivity contribution is 9.10. The summed E-state index contributed by atoms with van der Waals surface area (Å²) >= 11 is 3.48. The summed E-state index contributed by atoms with van der Waals surface area (Å²) in [5.41, 5.74) is 4.25. The van der Waals surface area contributed by atoms with E-state index in [0.717, 1.165) is 32.5 Å². The first-order chi connectivity index (χ1) is 11.7. The van der Waals surface area contributed by atoms with E-state index in [0.29, 0.717) is 6.54 Å². The SMILES string of the molecule is Fc1ccc(Cn2cnc3c(-c4cccc(Br)c4)ncnc32)cc1. The molecule has 118 valence electrons. The molecule has 0 atom stereocenters. The van der Waals surface area contributed by atoms with Crippen LogP contribution in [0.1, 0.15) is 5.56 Å². The van der Waals surface area contributed by atoms with E-state index in [1.165, 1.54) is 12.1 Å². The number of nitrogens with zero attached hydrogens (tertiary/aromatic N) is 4. The Morgan fingerprint density at radius 2 is 1.83 bits per heavy atom. The van der Waals surface area contributed by atoms with Crippen molar-refractivity contribution in [2.24, 2.45) is 0 Å². The maximum Gasteiger partial charge on any atom is 0.164 e. The lowest BCUT2D eigenvalue weighted by atomic mass is 10.1. The smallest absolute Gasteiger partial charge is 0.164 e. The molecule has 0 N–H and O–H groups in total. The van der Waals surface area contributed by atoms with E-state index in [-0.39, 0.29) is 5.82 Å². The third-order valence-corrected chi connectivity index (χ3v) is 4.26. The maximum atomic E-state index is 13.0. The molecule has 0 radical (unpaired) electrons. The summed E-state index contributed by atoms with van der Waals surface area (Å²) in [4.78, 5) is 13.2. The first-order valence-corrected chi connectivity index (χ1v) is 8.16. The van der Waals surface area contributed by atoms with Crippen molar-refractivity contribution in [2.45, 2.75) is 6.54 Å². The zero-order valence-electron chi connectivity index (χ0n) is 12.5. The summed E-state index contributed by atoms with van der Waals surface area (Å²) in [6.07, 6.45) is 3.28. The number of fused-ring (bicyclic) bond motifs is 1. The average Bonchev–Trinajstić information content (AvgIpc) is 3.00. The summed E-state index contributed by atoms with van der Waals surface area (Å²) in [6.45, 7) is 0.575. The molecule has 0 saturated heterocycles. The number of halogens is 2. The van der Waals surface area contributed by atoms with Crippen LogP contribution in [0.3, 0.4) is 0 Å². The summed E-state index contributed by atoms with van der Waals surface area (Å²) in [5, 5.41) is 0. The largest absolute Gasteiger partial charge is 0.311 e. The first-order valence-electron chi connectivity index (χ1n) is 7.37. The van der Waals surface area contributed by atoms with Crippen LogP contribution in [-0.4, -0.2) is 19.5 Å². The minimum absolute atomic E-state index is 0.242. The van der Waals surface area contributed by atoms with Gasteiger partial charge in [-0.15, -0.1) is 0 Å². The van der Waals surface area contributed by atoms with Crippen LogP contribution >= 0.6 is 15.9 Å². The van der Waals surface area contributed by atoms with Crippen LogP contribution in [0.4, 0.5) is 4.39 Å². The van der Waals surface area contributed by atoms with Crippen LogP contribution in [0.5, 0.6) is 0 Å². The van der Waals surface area contributed by atoms with Crippen LogP contribution in [0.25, 0.3) is 22.4 Å². The second-order valence-electron chi connectivity index (χ2n) is 5.40. The Labute approximate surface area is 146 Å². The molecule has 2 heterocycles. The van der Waals surface area contributed by atoms with Gasteiger partial charge in [-0.1, -0.05) is 40.2 Å². The first kappa shape index (κ1) is 15.0. The van der Waals surface area contributed by atoms with E-state index in [9.17, 15) is 4.39 Å². The van der Waals surface area contributed by atoms with Gasteiger partial charge in [0.25, 0.3) is 0 Å². The fraction of sp³-hybridized carbons (Fsp3) is 0.0556. The highest BCUT2D eigenvalue weighted by Crippen LogP contribution is 2.26. The molecule has 0 aliphatic carbocycles. The normalized spacial score (nSPS) is 11.1. The van der Waals surface area contributed by atoms with Crippen LogP contribution in [0, 0.1) is 5.82 Å². The molecule has 2 aromatic carbocycles. The quantitative estimate of drug-likeness (QED) is 0.525. The molecule has 0 saturated carbocycles. The van der Waals surface area contributed by atoms with Gasteiger partial charge in [0.1, 0.15) is 23.4 Å². The Morgan fingerprint density at radius 1 is 1.00 bits per heavy atom. The molecule has 0 unspecified atom stereocenters. The van der Waals surface area contributed by atoms with Gasteiger partial charge in [0.05, 0.1) is 12.9 Å². The second kappa shape index (κ2) is 6.13. The van der Waals surface area contributed by atoms with Crippen molar-refractivity contribution in [2.75, 3.05) is 0 Å². The Morgan fingerprint density at radius 3 is 2.62 bits per heavy atom. The summed E-state index contributed by atoms with van der Waals surface area (Å²) in [7, 11) is 0. The molecule has 0 aliphatic heterocycles. The molecule has 2 aromatic heterocycles. The van der Waals surface area contributed by atoms with Gasteiger partial charge in [-0.25, -0.2) is 19.3 Å². The lowest BCUT2D eigenvalue weighted by Gasteiger charge is -2.05. The molecular formula is C18H12BrFN4. The van der Waals surface area contributed by atoms with Crippen molar-refractivity contribution in [3.05, 3.63) is 77.0 Å². The Hall–Kier alpha value is -2.60. The topological polar surface area (TPSA) is 43.6 Å². The highest BCUT2D eigenvalue weighted by Gasteiger charge is 2.12. The van der Waals surface area contributed by atoms with Gasteiger partial charge in [-0.05, 0) is 29.8 Å². The van der Waals surface area contributed by atoms with Crippen LogP contribution in [-0.2, 0) is 6.54 Å². The summed E-state index contributed by atoms with van der Waals surface area (Å²) in [6, 6.07) is 14.4. The molecule has 0 amide bonds. The fourth-order valence-electron chi connectivity index (χ4n) is 2.63. The van der Waals surface area contributed by atoms with Crippen molar-refractivity contribution < 1.29 is 4.39 Å². The molecule has 4 nitrogen and oxygen atoms in total. The van der Waals surface area contributed by atoms with Gasteiger partial charge >= 0.3 is 0 Å². The van der Waals surface area contributed by atoms with E-state index in [4.69, 9.17) is 0 Å². The van der Waals surface area contributed by atoms with Crippen LogP contribution < -0.4 is 0 Å². The number of hydrogen-bond acceptors (Lipinski definition) is 3. The highest BCUT2D eigenvalue weighted by atomic mass is 79.9. The van der Waals surface area contributed by atoms with Gasteiger partial charge in [-0.2, -0.15) is 0 Å². The van der Waals surface area contributed by atoms with Gasteiger partial charge in [0, 0.05) is 10.0 Å². The Bertz CT molecular complexity index is 1010. The minimum Gasteiger partial charge on any atom is -0.311 e. The van der Waals surface area contributed by atoms with Gasteiger partial charge in [-0.3, -0.25) is 0 Å². The molecule has 4 aromatic rings. The molecule has 0 spiro atoms. The summed E-state index contributed by atoms with van der Waals surface area (Å²) < 4.78 is 16.0. The molecule has 24 heavy (non-hydrogen) atoms. The zero-order chi connectivity index (χ0) is 16.5. The molecule has 4 rings (SSSR count). The number of imidazole rings is 1. The van der Waals surface area contributed by atoms with E-state index >= 15 is 0 Å². The van der Waals surface area contributed by atoms with Crippen molar-refractivity contribution in [3.8, 4) is 11.3 Å². The number of benzene rings is 2. The minimum atomic E-state index is -0.242. The third kappa shape index (κ3) is 2.80. The number of rotatable bonds is 3. The molecule has 0 aliphatic rings. The molecular weight excluding hydrogens is 371 g/mol. The average molecular weight is 383 g/mol.